The maximum atomic E-state index is 13.9. The Labute approximate surface area is 297 Å². The molecule has 2 saturated heterocycles. The monoisotopic (exact) mass is 736 g/mol. The minimum atomic E-state index is -3.10. The van der Waals surface area contributed by atoms with E-state index in [1.165, 1.54) is 39.4 Å². The van der Waals surface area contributed by atoms with Crippen LogP contribution in [-0.2, 0) is 57.2 Å². The number of carbonyl (C=O) groups excluding carboxylic acids is 6. The molecule has 1 aromatic heterocycles. The second-order valence-corrected chi connectivity index (χ2v) is 15.3. The fourth-order valence-electron chi connectivity index (χ4n) is 10.7. The van der Waals surface area contributed by atoms with Gasteiger partial charge in [-0.1, -0.05) is 20.8 Å². The highest BCUT2D eigenvalue weighted by molar-refractivity contribution is 5.75. The summed E-state index contributed by atoms with van der Waals surface area (Å²) >= 11 is 0. The molecule has 5 aliphatic rings. The molecule has 5 fully saturated rings. The molecule has 3 saturated carbocycles. The number of hydrogen-bond acceptors (Lipinski definition) is 17. The summed E-state index contributed by atoms with van der Waals surface area (Å²) in [5, 5.41) is 52.0. The second-order valence-electron chi connectivity index (χ2n) is 15.3. The number of carbonyl (C=O) groups is 6. The molecular weight excluding hydrogens is 692 g/mol. The molecule has 17 heteroatoms. The molecule has 6 rings (SSSR count). The molecule has 0 unspecified atom stereocenters. The molecule has 4 N–H and O–H groups in total. The lowest BCUT2D eigenvalue weighted by atomic mass is 9.31. The van der Waals surface area contributed by atoms with Crippen molar-refractivity contribution in [1.29, 1.82) is 0 Å². The first kappa shape index (κ1) is 37.7. The predicted molar refractivity (Wildman–Crippen MR) is 167 cm³/mol. The smallest absolute Gasteiger partial charge is 0.306 e. The van der Waals surface area contributed by atoms with Crippen LogP contribution in [-0.4, -0.2) is 111 Å². The van der Waals surface area contributed by atoms with Crippen molar-refractivity contribution in [2.45, 2.75) is 115 Å². The zero-order chi connectivity index (χ0) is 38.4. The van der Waals surface area contributed by atoms with Gasteiger partial charge < -0.3 is 53.3 Å². The Morgan fingerprint density at radius 3 is 2.04 bits per heavy atom. The molecule has 17 nitrogen and oxygen atoms in total. The fourth-order valence-corrected chi connectivity index (χ4v) is 10.7. The first-order chi connectivity index (χ1) is 24.2. The lowest BCUT2D eigenvalue weighted by molar-refractivity contribution is -0.453. The van der Waals surface area contributed by atoms with Gasteiger partial charge in [0, 0.05) is 55.9 Å². The first-order valence-corrected chi connectivity index (χ1v) is 17.1. The predicted octanol–water partition coefficient (Wildman–Crippen LogP) is 0.179. The Kier molecular flexibility index (Phi) is 8.88. The quantitative estimate of drug-likeness (QED) is 0.215. The van der Waals surface area contributed by atoms with Gasteiger partial charge in [0.15, 0.2) is 18.3 Å². The van der Waals surface area contributed by atoms with Gasteiger partial charge in [0.05, 0.1) is 31.0 Å². The van der Waals surface area contributed by atoms with Crippen LogP contribution in [0.1, 0.15) is 78.9 Å². The van der Waals surface area contributed by atoms with E-state index in [9.17, 15) is 49.2 Å². The van der Waals surface area contributed by atoms with Gasteiger partial charge in [-0.25, -0.2) is 0 Å². The lowest BCUT2D eigenvalue weighted by Gasteiger charge is -2.78. The Morgan fingerprint density at radius 1 is 0.865 bits per heavy atom. The molecule has 0 aromatic carbocycles. The Morgan fingerprint density at radius 2 is 1.48 bits per heavy atom. The average molecular weight is 737 g/mol. The SMILES string of the molecule is CCC(=O)O[C@@H]1[C@]2(O)C[C@]3(COC(=O)C[C@H]3[C@@](C)(CO)[C@@H]2OC(C)=O)[C@@]2(O)[C@H](OC(C)=O)[C@H](OC(C)=O)[C@@]3(C)[C@H](c4ccoc4)OC(=O)C[C@@H]3[C@@]12O. The van der Waals surface area contributed by atoms with Crippen LogP contribution in [0.3, 0.4) is 0 Å². The maximum absolute atomic E-state index is 13.9. The third-order valence-electron chi connectivity index (χ3n) is 12.6. The molecule has 1 spiro atoms. The normalized spacial score (nSPS) is 44.8. The number of esters is 6. The summed E-state index contributed by atoms with van der Waals surface area (Å²) in [4.78, 5) is 79.1. The van der Waals surface area contributed by atoms with Crippen molar-refractivity contribution in [2.75, 3.05) is 13.2 Å². The highest BCUT2D eigenvalue weighted by Crippen LogP contribution is 2.76. The third-order valence-corrected chi connectivity index (χ3v) is 12.6. The van der Waals surface area contributed by atoms with Crippen LogP contribution in [0, 0.1) is 28.1 Å². The van der Waals surface area contributed by atoms with Crippen LogP contribution in [0.25, 0.3) is 0 Å². The Balaban J connectivity index is 1.79. The van der Waals surface area contributed by atoms with E-state index in [2.05, 4.69) is 0 Å². The van der Waals surface area contributed by atoms with Crippen LogP contribution < -0.4 is 0 Å². The van der Waals surface area contributed by atoms with Crippen LogP contribution in [0.5, 0.6) is 0 Å². The van der Waals surface area contributed by atoms with E-state index in [1.807, 2.05) is 0 Å². The van der Waals surface area contributed by atoms with E-state index < -0.39 is 144 Å². The molecule has 2 bridgehead atoms. The third kappa shape index (κ3) is 4.74. The van der Waals surface area contributed by atoms with Gasteiger partial charge in [-0.3, -0.25) is 28.8 Å². The molecule has 2 aliphatic heterocycles. The standard InChI is InChI=1S/C35H44O17/c1-7-22(40)52-29-33(43)13-32(15-47-23(41)10-20(32)30(5,14-36)28(33)50-18(4)39)35(45)27(49-17(3)38)26(48-16(2)37)31(6)21(34(29,35)44)11-24(42)51-25(31)19-8-9-46-12-19/h8-9,12,20-21,25-29,36,43-45H,7,10-11,13-15H2,1-6H3/t20-,21-,25-,26-,27+,28-,29+,30+,31+,32+,33-,34+,35-/m0/s1. The van der Waals surface area contributed by atoms with Crippen LogP contribution in [0.4, 0.5) is 0 Å². The first-order valence-electron chi connectivity index (χ1n) is 17.1. The Hall–Kier alpha value is -4.06. The van der Waals surface area contributed by atoms with E-state index in [0.29, 0.717) is 0 Å². The van der Waals surface area contributed by atoms with E-state index in [4.69, 9.17) is 32.8 Å². The van der Waals surface area contributed by atoms with Gasteiger partial charge in [0.25, 0.3) is 0 Å². The maximum Gasteiger partial charge on any atom is 0.306 e. The number of fused-ring (bicyclic) bond motifs is 4. The molecule has 0 radical (unpaired) electrons. The van der Waals surface area contributed by atoms with Crippen molar-refractivity contribution in [3.8, 4) is 0 Å². The van der Waals surface area contributed by atoms with Gasteiger partial charge >= 0.3 is 35.8 Å². The minimum Gasteiger partial charge on any atom is -0.472 e. The lowest BCUT2D eigenvalue weighted by Crippen LogP contribution is -2.95. The van der Waals surface area contributed by atoms with E-state index in [0.717, 1.165) is 20.8 Å². The molecular formula is C35H44O17. The number of rotatable bonds is 7. The van der Waals surface area contributed by atoms with Crippen molar-refractivity contribution in [3.05, 3.63) is 24.2 Å². The summed E-state index contributed by atoms with van der Waals surface area (Å²) in [5.74, 6) is -8.69. The molecule has 0 amide bonds. The van der Waals surface area contributed by atoms with E-state index in [1.54, 1.807) is 0 Å². The van der Waals surface area contributed by atoms with Gasteiger partial charge in [-0.15, -0.1) is 0 Å². The van der Waals surface area contributed by atoms with Gasteiger partial charge in [0.2, 0.25) is 0 Å². The number of cyclic esters (lactones) is 2. The summed E-state index contributed by atoms with van der Waals surface area (Å²) < 4.78 is 40.3. The van der Waals surface area contributed by atoms with Crippen molar-refractivity contribution < 1.29 is 82.0 Å². The van der Waals surface area contributed by atoms with E-state index >= 15 is 0 Å². The minimum absolute atomic E-state index is 0.207. The zero-order valence-electron chi connectivity index (χ0n) is 29.6. The molecule has 52 heavy (non-hydrogen) atoms. The van der Waals surface area contributed by atoms with Crippen molar-refractivity contribution in [3.63, 3.8) is 0 Å². The van der Waals surface area contributed by atoms with Crippen LogP contribution >= 0.6 is 0 Å². The Bertz CT molecular complexity index is 1670. The largest absolute Gasteiger partial charge is 0.472 e. The summed E-state index contributed by atoms with van der Waals surface area (Å²) in [6.07, 6.45) is -9.34. The summed E-state index contributed by atoms with van der Waals surface area (Å²) in [5.41, 5.74) is -14.5. The number of hydrogen-bond donors (Lipinski definition) is 4. The molecule has 286 valence electrons. The average Bonchev–Trinajstić information content (AvgIpc) is 3.61. The van der Waals surface area contributed by atoms with Gasteiger partial charge in [0.1, 0.15) is 35.6 Å². The summed E-state index contributed by atoms with van der Waals surface area (Å²) in [7, 11) is 0. The van der Waals surface area contributed by atoms with Gasteiger partial charge in [-0.05, 0) is 18.4 Å². The molecule has 3 aliphatic carbocycles. The van der Waals surface area contributed by atoms with Crippen molar-refractivity contribution >= 4 is 35.8 Å². The molecule has 1 aromatic rings. The topological polar surface area (TPSA) is 252 Å². The highest BCUT2D eigenvalue weighted by atomic mass is 16.6. The number of aliphatic hydroxyl groups excluding tert-OH is 1. The van der Waals surface area contributed by atoms with Crippen LogP contribution in [0.2, 0.25) is 0 Å². The number of aliphatic hydroxyl groups is 4. The molecule has 13 atom stereocenters. The second kappa shape index (κ2) is 12.2. The number of furan rings is 1. The number of ether oxygens (including phenoxy) is 6. The van der Waals surface area contributed by atoms with E-state index in [-0.39, 0.29) is 12.0 Å². The van der Waals surface area contributed by atoms with Gasteiger partial charge in [-0.2, -0.15) is 0 Å². The van der Waals surface area contributed by atoms with Crippen LogP contribution in [0.15, 0.2) is 23.0 Å². The van der Waals surface area contributed by atoms with Crippen molar-refractivity contribution in [1.82, 2.24) is 0 Å². The molecule has 3 heterocycles. The summed E-state index contributed by atoms with van der Waals surface area (Å²) in [6.45, 7) is 5.67. The zero-order valence-corrected chi connectivity index (χ0v) is 29.6. The fraction of sp³-hybridized carbons (Fsp3) is 0.714. The summed E-state index contributed by atoms with van der Waals surface area (Å²) in [6, 6.07) is 1.44. The highest BCUT2D eigenvalue weighted by Gasteiger charge is 2.92. The van der Waals surface area contributed by atoms with Crippen molar-refractivity contribution in [2.24, 2.45) is 28.1 Å².